The first-order valence-electron chi connectivity index (χ1n) is 7.12. The van der Waals surface area contributed by atoms with Gasteiger partial charge in [0.05, 0.1) is 5.54 Å². The van der Waals surface area contributed by atoms with Crippen LogP contribution < -0.4 is 5.73 Å². The van der Waals surface area contributed by atoms with Gasteiger partial charge in [0.2, 0.25) is 11.7 Å². The first kappa shape index (κ1) is 14.5. The maximum atomic E-state index is 6.44. The van der Waals surface area contributed by atoms with E-state index >= 15 is 0 Å². The number of nitrogens with zero attached hydrogens (tertiary/aromatic N) is 2. The molecule has 0 spiro atoms. The summed E-state index contributed by atoms with van der Waals surface area (Å²) < 4.78 is 10.8. The molecule has 1 heterocycles. The van der Waals surface area contributed by atoms with E-state index in [0.29, 0.717) is 17.6 Å². The Kier molecular flexibility index (Phi) is 4.26. The minimum atomic E-state index is -0.451. The summed E-state index contributed by atoms with van der Waals surface area (Å²) in [5.74, 6) is 2.21. The molecule has 19 heavy (non-hydrogen) atoms. The average molecular weight is 267 g/mol. The molecule has 0 aromatic carbocycles. The fourth-order valence-corrected chi connectivity index (χ4v) is 2.72. The maximum absolute atomic E-state index is 6.44. The molecule has 0 aliphatic heterocycles. The van der Waals surface area contributed by atoms with Crippen LogP contribution in [0, 0.1) is 11.8 Å². The minimum absolute atomic E-state index is 0.136. The molecule has 0 radical (unpaired) electrons. The third kappa shape index (κ3) is 2.98. The Balaban J connectivity index is 2.16. The second-order valence-corrected chi connectivity index (χ2v) is 6.20. The van der Waals surface area contributed by atoms with E-state index in [-0.39, 0.29) is 6.10 Å². The number of methoxy groups -OCH3 is 1. The number of aromatic nitrogens is 2. The quantitative estimate of drug-likeness (QED) is 0.908. The zero-order valence-corrected chi connectivity index (χ0v) is 12.3. The van der Waals surface area contributed by atoms with Gasteiger partial charge in [-0.25, -0.2) is 0 Å². The molecule has 0 saturated heterocycles. The van der Waals surface area contributed by atoms with Crippen molar-refractivity contribution in [2.45, 2.75) is 58.1 Å². The monoisotopic (exact) mass is 267 g/mol. The minimum Gasteiger partial charge on any atom is -0.373 e. The van der Waals surface area contributed by atoms with Gasteiger partial charge >= 0.3 is 0 Å². The lowest BCUT2D eigenvalue weighted by Gasteiger charge is -2.32. The molecule has 1 aromatic heterocycles. The van der Waals surface area contributed by atoms with Gasteiger partial charge in [0, 0.05) is 7.11 Å². The summed E-state index contributed by atoms with van der Waals surface area (Å²) in [4.78, 5) is 4.50. The highest BCUT2D eigenvalue weighted by atomic mass is 16.5. The number of hydrogen-bond acceptors (Lipinski definition) is 5. The van der Waals surface area contributed by atoms with Crippen molar-refractivity contribution in [2.24, 2.45) is 17.6 Å². The highest BCUT2D eigenvalue weighted by Crippen LogP contribution is 2.37. The van der Waals surface area contributed by atoms with Gasteiger partial charge in [0.1, 0.15) is 6.10 Å². The summed E-state index contributed by atoms with van der Waals surface area (Å²) in [7, 11) is 1.67. The van der Waals surface area contributed by atoms with Crippen LogP contribution in [0.15, 0.2) is 4.52 Å². The highest BCUT2D eigenvalue weighted by Gasteiger charge is 2.37. The smallest absolute Gasteiger partial charge is 0.246 e. The van der Waals surface area contributed by atoms with E-state index in [2.05, 4.69) is 30.9 Å². The summed E-state index contributed by atoms with van der Waals surface area (Å²) >= 11 is 0. The van der Waals surface area contributed by atoms with Gasteiger partial charge in [-0.3, -0.25) is 0 Å². The highest BCUT2D eigenvalue weighted by molar-refractivity contribution is 5.05. The molecule has 5 heteroatoms. The Bertz CT molecular complexity index is 409. The summed E-state index contributed by atoms with van der Waals surface area (Å²) in [5.41, 5.74) is 5.99. The van der Waals surface area contributed by atoms with Gasteiger partial charge in [-0.2, -0.15) is 4.98 Å². The molecule has 2 N–H and O–H groups in total. The van der Waals surface area contributed by atoms with Crippen LogP contribution in [-0.2, 0) is 10.3 Å². The van der Waals surface area contributed by atoms with Crippen LogP contribution in [0.4, 0.5) is 0 Å². The van der Waals surface area contributed by atoms with E-state index in [1.165, 1.54) is 0 Å². The zero-order chi connectivity index (χ0) is 14.0. The van der Waals surface area contributed by atoms with E-state index in [1.54, 1.807) is 7.11 Å². The largest absolute Gasteiger partial charge is 0.373 e. The van der Waals surface area contributed by atoms with Gasteiger partial charge in [-0.1, -0.05) is 25.9 Å². The fourth-order valence-electron chi connectivity index (χ4n) is 2.72. The lowest BCUT2D eigenvalue weighted by molar-refractivity contribution is 0.0555. The molecule has 0 bridgehead atoms. The topological polar surface area (TPSA) is 74.2 Å². The number of hydrogen-bond donors (Lipinski definition) is 1. The van der Waals surface area contributed by atoms with Crippen molar-refractivity contribution in [1.29, 1.82) is 0 Å². The summed E-state index contributed by atoms with van der Waals surface area (Å²) in [6, 6.07) is 0. The van der Waals surface area contributed by atoms with Crippen LogP contribution in [0.2, 0.25) is 0 Å². The predicted octanol–water partition coefficient (Wildman–Crippen LogP) is 2.78. The Labute approximate surface area is 114 Å². The normalized spacial score (nSPS) is 29.7. The van der Waals surface area contributed by atoms with Crippen LogP contribution in [0.25, 0.3) is 0 Å². The van der Waals surface area contributed by atoms with Crippen LogP contribution in [0.1, 0.15) is 64.3 Å². The van der Waals surface area contributed by atoms with Crippen molar-refractivity contribution in [3.05, 3.63) is 11.7 Å². The Morgan fingerprint density at radius 3 is 2.53 bits per heavy atom. The average Bonchev–Trinajstić information content (AvgIpc) is 2.84. The Morgan fingerprint density at radius 1 is 1.37 bits per heavy atom. The predicted molar refractivity (Wildman–Crippen MR) is 72.4 cm³/mol. The van der Waals surface area contributed by atoms with E-state index in [4.69, 9.17) is 15.0 Å². The molecule has 5 nitrogen and oxygen atoms in total. The van der Waals surface area contributed by atoms with Crippen molar-refractivity contribution >= 4 is 0 Å². The van der Waals surface area contributed by atoms with Gasteiger partial charge in [0.25, 0.3) is 0 Å². The number of ether oxygens (including phenoxy) is 1. The van der Waals surface area contributed by atoms with Gasteiger partial charge in [-0.15, -0.1) is 0 Å². The molecule has 1 atom stereocenters. The molecule has 1 aromatic rings. The first-order valence-corrected chi connectivity index (χ1v) is 7.12. The summed E-state index contributed by atoms with van der Waals surface area (Å²) in [6.07, 6.45) is 3.92. The molecule has 1 fully saturated rings. The van der Waals surface area contributed by atoms with Crippen molar-refractivity contribution in [3.63, 3.8) is 0 Å². The molecular formula is C14H25N3O2. The Hall–Kier alpha value is -0.940. The van der Waals surface area contributed by atoms with Crippen LogP contribution in [0.5, 0.6) is 0 Å². The first-order chi connectivity index (χ1) is 8.96. The molecule has 0 amide bonds. The van der Waals surface area contributed by atoms with Crippen molar-refractivity contribution in [3.8, 4) is 0 Å². The van der Waals surface area contributed by atoms with Crippen LogP contribution >= 0.6 is 0 Å². The zero-order valence-electron chi connectivity index (χ0n) is 12.3. The fraction of sp³-hybridized carbons (Fsp3) is 0.857. The lowest BCUT2D eigenvalue weighted by Crippen LogP contribution is -2.40. The molecule has 108 valence electrons. The van der Waals surface area contributed by atoms with Crippen LogP contribution in [0.3, 0.4) is 0 Å². The van der Waals surface area contributed by atoms with Crippen molar-refractivity contribution in [1.82, 2.24) is 10.1 Å². The van der Waals surface area contributed by atoms with E-state index in [1.807, 2.05) is 0 Å². The van der Waals surface area contributed by atoms with Crippen LogP contribution in [-0.4, -0.2) is 17.3 Å². The second kappa shape index (κ2) is 5.59. The molecule has 1 aliphatic rings. The van der Waals surface area contributed by atoms with Gasteiger partial charge in [-0.05, 0) is 37.5 Å². The van der Waals surface area contributed by atoms with Gasteiger partial charge in [0.15, 0.2) is 0 Å². The van der Waals surface area contributed by atoms with E-state index < -0.39 is 5.54 Å². The molecule has 1 aliphatic carbocycles. The lowest BCUT2D eigenvalue weighted by atomic mass is 9.78. The Morgan fingerprint density at radius 2 is 2.00 bits per heavy atom. The molecule has 1 unspecified atom stereocenters. The van der Waals surface area contributed by atoms with Crippen molar-refractivity contribution in [2.75, 3.05) is 7.11 Å². The summed E-state index contributed by atoms with van der Waals surface area (Å²) in [5, 5.41) is 4.06. The molecule has 2 rings (SSSR count). The maximum Gasteiger partial charge on any atom is 0.246 e. The van der Waals surface area contributed by atoms with E-state index in [9.17, 15) is 0 Å². The number of nitrogens with two attached hydrogens (primary N) is 1. The van der Waals surface area contributed by atoms with Gasteiger partial charge < -0.3 is 15.0 Å². The third-order valence-corrected chi connectivity index (χ3v) is 4.15. The van der Waals surface area contributed by atoms with E-state index in [0.717, 1.165) is 31.6 Å². The summed E-state index contributed by atoms with van der Waals surface area (Å²) in [6.45, 7) is 6.41. The van der Waals surface area contributed by atoms with Crippen molar-refractivity contribution < 1.29 is 9.26 Å². The molecular weight excluding hydrogens is 242 g/mol. The SMILES string of the molecule is COC(c1noc(C2(N)CCC(C)CC2)n1)C(C)C. The third-order valence-electron chi connectivity index (χ3n) is 4.15. The second-order valence-electron chi connectivity index (χ2n) is 6.20. The molecule has 1 saturated carbocycles. The number of rotatable bonds is 4. The standard InChI is InChI=1S/C14H25N3O2/c1-9(2)11(18-4)12-16-13(19-17-12)14(15)7-5-10(3)6-8-14/h9-11H,5-8,15H2,1-4H3.